The molecule has 1 aromatic heterocycles. The zero-order chi connectivity index (χ0) is 17.6. The first kappa shape index (κ1) is 18.7. The molecule has 0 saturated heterocycles. The molecule has 1 aliphatic rings. The molecule has 2 N–H and O–H groups in total. The SMILES string of the molecule is CN1CCc2[nH]c3ccc(S(=O)(=O)Nc4cccc(F)c4)cc3c2C1.Cl. The van der Waals surface area contributed by atoms with E-state index in [1.54, 1.807) is 18.2 Å². The second kappa shape index (κ2) is 6.90. The van der Waals surface area contributed by atoms with Gasteiger partial charge in [0.15, 0.2) is 0 Å². The Hall–Kier alpha value is -2.09. The van der Waals surface area contributed by atoms with Crippen molar-refractivity contribution in [2.45, 2.75) is 17.9 Å². The van der Waals surface area contributed by atoms with Gasteiger partial charge in [-0.15, -0.1) is 12.4 Å². The fraction of sp³-hybridized carbons (Fsp3) is 0.222. The van der Waals surface area contributed by atoms with Gasteiger partial charge < -0.3 is 9.88 Å². The number of likely N-dealkylation sites (N-methyl/N-ethyl adjacent to an activating group) is 1. The Balaban J connectivity index is 0.00000196. The number of hydrogen-bond acceptors (Lipinski definition) is 3. The Kier molecular flexibility index (Phi) is 4.96. The van der Waals surface area contributed by atoms with Gasteiger partial charge in [-0.05, 0) is 49.0 Å². The van der Waals surface area contributed by atoms with E-state index in [-0.39, 0.29) is 23.0 Å². The first-order chi connectivity index (χ1) is 11.9. The van der Waals surface area contributed by atoms with E-state index < -0.39 is 15.8 Å². The molecule has 3 aromatic rings. The van der Waals surface area contributed by atoms with Crippen LogP contribution >= 0.6 is 12.4 Å². The Labute approximate surface area is 157 Å². The average Bonchev–Trinajstić information content (AvgIpc) is 2.91. The lowest BCUT2D eigenvalue weighted by Crippen LogP contribution is -2.26. The summed E-state index contributed by atoms with van der Waals surface area (Å²) in [7, 11) is -1.73. The van der Waals surface area contributed by atoms with E-state index >= 15 is 0 Å². The number of rotatable bonds is 3. The summed E-state index contributed by atoms with van der Waals surface area (Å²) in [6, 6.07) is 10.4. The molecule has 26 heavy (non-hydrogen) atoms. The van der Waals surface area contributed by atoms with E-state index in [9.17, 15) is 12.8 Å². The van der Waals surface area contributed by atoms with Crippen LogP contribution in [0, 0.1) is 5.82 Å². The van der Waals surface area contributed by atoms with Crippen molar-refractivity contribution < 1.29 is 12.8 Å². The minimum Gasteiger partial charge on any atom is -0.358 e. The highest BCUT2D eigenvalue weighted by atomic mass is 35.5. The molecule has 0 atom stereocenters. The Morgan fingerprint density at radius 3 is 2.77 bits per heavy atom. The highest BCUT2D eigenvalue weighted by molar-refractivity contribution is 7.92. The number of aromatic nitrogens is 1. The van der Waals surface area contributed by atoms with Crippen LogP contribution in [0.2, 0.25) is 0 Å². The zero-order valence-electron chi connectivity index (χ0n) is 14.1. The number of benzene rings is 2. The smallest absolute Gasteiger partial charge is 0.261 e. The molecule has 0 fully saturated rings. The lowest BCUT2D eigenvalue weighted by Gasteiger charge is -2.22. The molecule has 0 bridgehead atoms. The van der Waals surface area contributed by atoms with Crippen molar-refractivity contribution in [3.63, 3.8) is 0 Å². The number of nitrogens with one attached hydrogen (secondary N) is 2. The molecule has 2 aromatic carbocycles. The normalized spacial score (nSPS) is 14.7. The number of fused-ring (bicyclic) bond motifs is 3. The molecule has 0 amide bonds. The largest absolute Gasteiger partial charge is 0.358 e. The average molecular weight is 396 g/mol. The van der Waals surface area contributed by atoms with Crippen molar-refractivity contribution in [2.75, 3.05) is 18.3 Å². The number of aromatic amines is 1. The van der Waals surface area contributed by atoms with Gasteiger partial charge in [0.2, 0.25) is 0 Å². The van der Waals surface area contributed by atoms with Crippen LogP contribution in [0.4, 0.5) is 10.1 Å². The molecule has 2 heterocycles. The van der Waals surface area contributed by atoms with Crippen molar-refractivity contribution >= 4 is 39.0 Å². The van der Waals surface area contributed by atoms with Gasteiger partial charge in [-0.1, -0.05) is 6.07 Å². The summed E-state index contributed by atoms with van der Waals surface area (Å²) in [6.45, 7) is 1.77. The summed E-state index contributed by atoms with van der Waals surface area (Å²) in [4.78, 5) is 5.76. The molecule has 0 spiro atoms. The summed E-state index contributed by atoms with van der Waals surface area (Å²) in [6.07, 6.45) is 0.921. The molecule has 0 unspecified atom stereocenters. The van der Waals surface area contributed by atoms with Gasteiger partial charge in [-0.2, -0.15) is 0 Å². The van der Waals surface area contributed by atoms with Crippen LogP contribution in [0.5, 0.6) is 0 Å². The topological polar surface area (TPSA) is 65.2 Å². The monoisotopic (exact) mass is 395 g/mol. The Morgan fingerprint density at radius 1 is 1.19 bits per heavy atom. The second-order valence-electron chi connectivity index (χ2n) is 6.39. The van der Waals surface area contributed by atoms with Crippen LogP contribution in [0.1, 0.15) is 11.3 Å². The summed E-state index contributed by atoms with van der Waals surface area (Å²) >= 11 is 0. The second-order valence-corrected chi connectivity index (χ2v) is 8.08. The number of nitrogens with zero attached hydrogens (tertiary/aromatic N) is 1. The van der Waals surface area contributed by atoms with Gasteiger partial charge >= 0.3 is 0 Å². The van der Waals surface area contributed by atoms with Crippen LogP contribution in [-0.2, 0) is 23.0 Å². The van der Waals surface area contributed by atoms with Gasteiger partial charge in [-0.3, -0.25) is 4.72 Å². The predicted octanol–water partition coefficient (Wildman–Crippen LogP) is 3.52. The van der Waals surface area contributed by atoms with Crippen LogP contribution in [0.25, 0.3) is 10.9 Å². The lowest BCUT2D eigenvalue weighted by molar-refractivity contribution is 0.313. The molecule has 138 valence electrons. The summed E-state index contributed by atoms with van der Waals surface area (Å²) in [5.41, 5.74) is 3.45. The Morgan fingerprint density at radius 2 is 2.00 bits per heavy atom. The van der Waals surface area contributed by atoms with Gasteiger partial charge in [0, 0.05) is 36.1 Å². The number of H-pyrrole nitrogens is 1. The zero-order valence-corrected chi connectivity index (χ0v) is 15.8. The minimum atomic E-state index is -3.78. The van der Waals surface area contributed by atoms with E-state index in [1.165, 1.54) is 23.9 Å². The molecule has 8 heteroatoms. The minimum absolute atomic E-state index is 0. The molecule has 0 saturated carbocycles. The van der Waals surface area contributed by atoms with E-state index in [4.69, 9.17) is 0 Å². The number of hydrogen-bond donors (Lipinski definition) is 2. The van der Waals surface area contributed by atoms with Crippen molar-refractivity contribution in [1.29, 1.82) is 0 Å². The first-order valence-electron chi connectivity index (χ1n) is 8.03. The third-order valence-electron chi connectivity index (χ3n) is 4.52. The Bertz CT molecular complexity index is 1070. The molecule has 4 rings (SSSR count). The first-order valence-corrected chi connectivity index (χ1v) is 9.51. The maximum atomic E-state index is 13.3. The predicted molar refractivity (Wildman–Crippen MR) is 103 cm³/mol. The summed E-state index contributed by atoms with van der Waals surface area (Å²) in [5.74, 6) is -0.488. The van der Waals surface area contributed by atoms with Gasteiger partial charge in [0.25, 0.3) is 10.0 Å². The summed E-state index contributed by atoms with van der Waals surface area (Å²) in [5, 5.41) is 0.920. The van der Waals surface area contributed by atoms with Crippen LogP contribution in [0.3, 0.4) is 0 Å². The number of sulfonamides is 1. The van der Waals surface area contributed by atoms with Crippen molar-refractivity contribution in [3.05, 3.63) is 59.5 Å². The standard InChI is InChI=1S/C18H18FN3O2S.ClH/c1-22-8-7-18-16(11-22)15-10-14(5-6-17(15)20-18)25(23,24)21-13-4-2-3-12(19)9-13;/h2-6,9-10,20-21H,7-8,11H2,1H3;1H. The highest BCUT2D eigenvalue weighted by Gasteiger charge is 2.21. The molecule has 0 aliphatic carbocycles. The molecule has 1 aliphatic heterocycles. The lowest BCUT2D eigenvalue weighted by atomic mass is 10.1. The van der Waals surface area contributed by atoms with Gasteiger partial charge in [0.05, 0.1) is 10.6 Å². The maximum absolute atomic E-state index is 13.3. The molecular weight excluding hydrogens is 377 g/mol. The van der Waals surface area contributed by atoms with Crippen LogP contribution in [0.15, 0.2) is 47.4 Å². The fourth-order valence-electron chi connectivity index (χ4n) is 3.26. The number of halogens is 2. The van der Waals surface area contributed by atoms with E-state index in [2.05, 4.69) is 14.6 Å². The van der Waals surface area contributed by atoms with Crippen LogP contribution in [-0.4, -0.2) is 31.9 Å². The van der Waals surface area contributed by atoms with E-state index in [0.29, 0.717) is 0 Å². The van der Waals surface area contributed by atoms with Crippen molar-refractivity contribution in [3.8, 4) is 0 Å². The quantitative estimate of drug-likeness (QED) is 0.713. The van der Waals surface area contributed by atoms with E-state index in [1.807, 2.05) is 7.05 Å². The molecule has 5 nitrogen and oxygen atoms in total. The third kappa shape index (κ3) is 3.42. The number of anilines is 1. The maximum Gasteiger partial charge on any atom is 0.261 e. The molecule has 0 radical (unpaired) electrons. The summed E-state index contributed by atoms with van der Waals surface area (Å²) < 4.78 is 41.0. The molecular formula is C18H19ClFN3O2S. The van der Waals surface area contributed by atoms with Gasteiger partial charge in [0.1, 0.15) is 5.82 Å². The van der Waals surface area contributed by atoms with Crippen molar-refractivity contribution in [1.82, 2.24) is 9.88 Å². The fourth-order valence-corrected chi connectivity index (χ4v) is 4.34. The van der Waals surface area contributed by atoms with Crippen LogP contribution < -0.4 is 4.72 Å². The highest BCUT2D eigenvalue weighted by Crippen LogP contribution is 2.29. The van der Waals surface area contributed by atoms with Crippen molar-refractivity contribution in [2.24, 2.45) is 0 Å². The third-order valence-corrected chi connectivity index (χ3v) is 5.90. The van der Waals surface area contributed by atoms with Gasteiger partial charge in [-0.25, -0.2) is 12.8 Å². The van der Waals surface area contributed by atoms with E-state index in [0.717, 1.165) is 42.0 Å².